The molecule has 8 nitrogen and oxygen atoms in total. The van der Waals surface area contributed by atoms with Crippen LogP contribution in [-0.2, 0) is 28.6 Å². The number of allylic oxidation sites excluding steroid dienone is 4. The molecule has 340 valence electrons. The molecule has 2 unspecified atom stereocenters. The molecule has 0 saturated heterocycles. The van der Waals surface area contributed by atoms with E-state index in [1.807, 2.05) is 0 Å². The van der Waals surface area contributed by atoms with Crippen LogP contribution in [0.25, 0.3) is 0 Å². The van der Waals surface area contributed by atoms with Gasteiger partial charge in [-0.1, -0.05) is 186 Å². The van der Waals surface area contributed by atoms with Crippen LogP contribution in [0.15, 0.2) is 24.3 Å². The molecular weight excluding hydrogens is 727 g/mol. The van der Waals surface area contributed by atoms with Crippen molar-refractivity contribution in [1.82, 2.24) is 0 Å². The Kier molecular flexibility index (Phi) is 40.0. The summed E-state index contributed by atoms with van der Waals surface area (Å²) in [4.78, 5) is 36.9. The van der Waals surface area contributed by atoms with E-state index in [0.717, 1.165) is 64.2 Å². The Balaban J connectivity index is 4.25. The molecule has 0 bridgehead atoms. The second-order valence-electron chi connectivity index (χ2n) is 17.7. The average Bonchev–Trinajstić information content (AvgIpc) is 3.18. The van der Waals surface area contributed by atoms with Crippen molar-refractivity contribution in [2.24, 2.45) is 0 Å². The number of rotatable bonds is 44. The van der Waals surface area contributed by atoms with Crippen LogP contribution in [0.5, 0.6) is 0 Å². The average molecular weight is 820 g/mol. The molecular formula is C50H93NO7. The fourth-order valence-electron chi connectivity index (χ4n) is 7.28. The lowest BCUT2D eigenvalue weighted by atomic mass is 10.0. The van der Waals surface area contributed by atoms with Crippen molar-refractivity contribution in [3.8, 4) is 0 Å². The lowest BCUT2D eigenvalue weighted by Gasteiger charge is -2.34. The highest BCUT2D eigenvalue weighted by Crippen LogP contribution is 2.16. The van der Waals surface area contributed by atoms with Gasteiger partial charge in [-0.3, -0.25) is 9.59 Å². The predicted molar refractivity (Wildman–Crippen MR) is 240 cm³/mol. The minimum absolute atomic E-state index is 0.0390. The van der Waals surface area contributed by atoms with E-state index in [9.17, 15) is 19.5 Å². The summed E-state index contributed by atoms with van der Waals surface area (Å²) in [5.74, 6) is -1.74. The quantitative estimate of drug-likeness (QED) is 0.0261. The van der Waals surface area contributed by atoms with Crippen molar-refractivity contribution in [1.29, 1.82) is 0 Å². The van der Waals surface area contributed by atoms with Gasteiger partial charge in [0.25, 0.3) is 0 Å². The maximum atomic E-state index is 12.7. The van der Waals surface area contributed by atoms with Crippen molar-refractivity contribution >= 4 is 17.9 Å². The van der Waals surface area contributed by atoms with Gasteiger partial charge in [-0.05, 0) is 44.9 Å². The van der Waals surface area contributed by atoms with E-state index >= 15 is 0 Å². The van der Waals surface area contributed by atoms with Gasteiger partial charge >= 0.3 is 11.9 Å². The molecule has 0 aromatic rings. The monoisotopic (exact) mass is 820 g/mol. The van der Waals surface area contributed by atoms with Crippen LogP contribution in [0, 0.1) is 0 Å². The Morgan fingerprint density at radius 2 is 0.914 bits per heavy atom. The van der Waals surface area contributed by atoms with Crippen LogP contribution in [0.2, 0.25) is 0 Å². The lowest BCUT2D eigenvalue weighted by Crippen LogP contribution is -2.55. The fraction of sp³-hybridized carbons (Fsp3) is 0.860. The number of ether oxygens (including phenoxy) is 3. The molecule has 0 rings (SSSR count). The van der Waals surface area contributed by atoms with Crippen LogP contribution < -0.4 is 5.11 Å². The highest BCUT2D eigenvalue weighted by Gasteiger charge is 2.25. The Morgan fingerprint density at radius 3 is 1.36 bits per heavy atom. The van der Waals surface area contributed by atoms with Gasteiger partial charge in [0.05, 0.1) is 40.3 Å². The Hall–Kier alpha value is -2.19. The van der Waals surface area contributed by atoms with Crippen LogP contribution in [0.4, 0.5) is 0 Å². The number of quaternary nitrogens is 1. The first-order chi connectivity index (χ1) is 28.1. The number of carbonyl (C=O) groups excluding carboxylic acids is 3. The molecule has 0 aliphatic heterocycles. The molecule has 0 saturated carbocycles. The standard InChI is InChI=1S/C50H93NO7/c1-6-8-10-12-14-16-18-20-22-23-24-25-27-28-30-32-34-36-38-40-48(52)57-45-46(44-56-43-42-47(50(54)55)51(3,4)5)58-49(53)41-39-37-35-33-31-29-26-21-19-17-15-13-11-9-7-2/h15,17,21,26,46-47H,6-14,16,18-20,22-25,27-45H2,1-5H3/b17-15-,26-21-. The first-order valence-electron chi connectivity index (χ1n) is 24.4. The molecule has 8 heteroatoms. The summed E-state index contributed by atoms with van der Waals surface area (Å²) in [6.07, 6.45) is 46.3. The van der Waals surface area contributed by atoms with Gasteiger partial charge in [0.1, 0.15) is 12.6 Å². The minimum atomic E-state index is -1.12. The summed E-state index contributed by atoms with van der Waals surface area (Å²) in [6.45, 7) is 4.65. The van der Waals surface area contributed by atoms with Crippen molar-refractivity contribution < 1.29 is 38.2 Å². The van der Waals surface area contributed by atoms with Crippen LogP contribution in [0.1, 0.15) is 226 Å². The number of unbranched alkanes of at least 4 members (excludes halogenated alkanes) is 26. The third-order valence-electron chi connectivity index (χ3n) is 11.1. The van der Waals surface area contributed by atoms with Gasteiger partial charge in [0, 0.05) is 19.3 Å². The molecule has 0 aromatic carbocycles. The summed E-state index contributed by atoms with van der Waals surface area (Å²) in [6, 6.07) is -0.726. The van der Waals surface area contributed by atoms with Gasteiger partial charge in [-0.15, -0.1) is 0 Å². The maximum absolute atomic E-state index is 12.7. The van der Waals surface area contributed by atoms with E-state index in [1.165, 1.54) is 128 Å². The summed E-state index contributed by atoms with van der Waals surface area (Å²) in [7, 11) is 5.41. The summed E-state index contributed by atoms with van der Waals surface area (Å²) >= 11 is 0. The van der Waals surface area contributed by atoms with E-state index in [1.54, 1.807) is 21.1 Å². The zero-order valence-corrected chi connectivity index (χ0v) is 38.7. The SMILES string of the molecule is CCCCC/C=C\C/C=C\CCCCCCCC(=O)OC(COCCC(C(=O)[O-])[N+](C)(C)C)COC(=O)CCCCCCCCCCCCCCCCCCCCC. The highest BCUT2D eigenvalue weighted by atomic mass is 16.6. The molecule has 0 radical (unpaired) electrons. The van der Waals surface area contributed by atoms with E-state index in [2.05, 4.69) is 38.2 Å². The first-order valence-corrected chi connectivity index (χ1v) is 24.4. The smallest absolute Gasteiger partial charge is 0.306 e. The maximum Gasteiger partial charge on any atom is 0.306 e. The lowest BCUT2D eigenvalue weighted by molar-refractivity contribution is -0.889. The number of hydrogen-bond donors (Lipinski definition) is 0. The largest absolute Gasteiger partial charge is 0.544 e. The summed E-state index contributed by atoms with van der Waals surface area (Å²) in [5, 5.41) is 11.6. The third-order valence-corrected chi connectivity index (χ3v) is 11.1. The Morgan fingerprint density at radius 1 is 0.517 bits per heavy atom. The second kappa shape index (κ2) is 41.5. The van der Waals surface area contributed by atoms with Crippen molar-refractivity contribution in [3.63, 3.8) is 0 Å². The molecule has 0 heterocycles. The van der Waals surface area contributed by atoms with Gasteiger partial charge in [0.15, 0.2) is 6.10 Å². The molecule has 58 heavy (non-hydrogen) atoms. The number of likely N-dealkylation sites (N-methyl/N-ethyl adjacent to an activating group) is 1. The fourth-order valence-corrected chi connectivity index (χ4v) is 7.28. The molecule has 0 aliphatic rings. The topological polar surface area (TPSA) is 102 Å². The normalized spacial score (nSPS) is 13.1. The predicted octanol–water partition coefficient (Wildman–Crippen LogP) is 12.3. The number of carbonyl (C=O) groups is 3. The van der Waals surface area contributed by atoms with Gasteiger partial charge < -0.3 is 28.6 Å². The van der Waals surface area contributed by atoms with Crippen molar-refractivity contribution in [2.45, 2.75) is 238 Å². The van der Waals surface area contributed by atoms with E-state index < -0.39 is 18.1 Å². The van der Waals surface area contributed by atoms with E-state index in [0.29, 0.717) is 12.8 Å². The Bertz CT molecular complexity index is 1000. The zero-order valence-electron chi connectivity index (χ0n) is 38.7. The van der Waals surface area contributed by atoms with E-state index in [-0.39, 0.29) is 42.7 Å². The molecule has 0 fully saturated rings. The van der Waals surface area contributed by atoms with Crippen molar-refractivity contribution in [2.75, 3.05) is 41.0 Å². The highest BCUT2D eigenvalue weighted by molar-refractivity contribution is 5.70. The van der Waals surface area contributed by atoms with Crippen molar-refractivity contribution in [3.05, 3.63) is 24.3 Å². The van der Waals surface area contributed by atoms with Crippen LogP contribution >= 0.6 is 0 Å². The van der Waals surface area contributed by atoms with E-state index in [4.69, 9.17) is 14.2 Å². The summed E-state index contributed by atoms with van der Waals surface area (Å²) < 4.78 is 17.2. The molecule has 0 aromatic heterocycles. The van der Waals surface area contributed by atoms with Crippen LogP contribution in [-0.4, -0.2) is 75.5 Å². The number of esters is 2. The molecule has 2 atom stereocenters. The molecule has 0 aliphatic carbocycles. The number of aliphatic carboxylic acids is 1. The molecule has 0 amide bonds. The minimum Gasteiger partial charge on any atom is -0.544 e. The van der Waals surface area contributed by atoms with Gasteiger partial charge in [-0.25, -0.2) is 0 Å². The third kappa shape index (κ3) is 39.3. The first kappa shape index (κ1) is 55.8. The molecule has 0 N–H and O–H groups in total. The second-order valence-corrected chi connectivity index (χ2v) is 17.7. The zero-order chi connectivity index (χ0) is 42.8. The number of carboxylic acid groups (broad SMARTS) is 1. The Labute approximate surface area is 358 Å². The van der Waals surface area contributed by atoms with Crippen LogP contribution in [0.3, 0.4) is 0 Å². The number of carboxylic acids is 1. The summed E-state index contributed by atoms with van der Waals surface area (Å²) in [5.41, 5.74) is 0. The number of nitrogens with zero attached hydrogens (tertiary/aromatic N) is 1. The molecule has 0 spiro atoms. The number of hydrogen-bond acceptors (Lipinski definition) is 7. The van der Waals surface area contributed by atoms with Gasteiger partial charge in [0.2, 0.25) is 0 Å². The van der Waals surface area contributed by atoms with Gasteiger partial charge in [-0.2, -0.15) is 0 Å².